The van der Waals surface area contributed by atoms with Gasteiger partial charge in [0.2, 0.25) is 0 Å². The molecule has 0 saturated heterocycles. The second kappa shape index (κ2) is 5.40. The lowest BCUT2D eigenvalue weighted by atomic mass is 9.96. The first-order valence-electron chi connectivity index (χ1n) is 6.43. The van der Waals surface area contributed by atoms with Crippen LogP contribution in [0, 0.1) is 5.92 Å². The molecule has 0 aliphatic heterocycles. The Kier molecular flexibility index (Phi) is 3.87. The number of benzene rings is 2. The van der Waals surface area contributed by atoms with E-state index in [9.17, 15) is 0 Å². The highest BCUT2D eigenvalue weighted by molar-refractivity contribution is 5.84. The zero-order chi connectivity index (χ0) is 13.1. The lowest BCUT2D eigenvalue weighted by Gasteiger charge is -2.15. The van der Waals surface area contributed by atoms with Crippen LogP contribution in [-0.4, -0.2) is 7.11 Å². The van der Waals surface area contributed by atoms with Crippen LogP contribution in [0.3, 0.4) is 0 Å². The first-order chi connectivity index (χ1) is 8.60. The van der Waals surface area contributed by atoms with Crippen molar-refractivity contribution in [2.45, 2.75) is 26.3 Å². The van der Waals surface area contributed by atoms with Crippen LogP contribution < -0.4 is 10.5 Å². The van der Waals surface area contributed by atoms with Gasteiger partial charge in [-0.15, -0.1) is 0 Å². The van der Waals surface area contributed by atoms with Crippen LogP contribution in [0.15, 0.2) is 36.4 Å². The summed E-state index contributed by atoms with van der Waals surface area (Å²) in [6.45, 7) is 4.40. The number of hydrogen-bond donors (Lipinski definition) is 1. The van der Waals surface area contributed by atoms with Crippen LogP contribution in [0.5, 0.6) is 5.75 Å². The highest BCUT2D eigenvalue weighted by Crippen LogP contribution is 2.25. The molecule has 2 heteroatoms. The zero-order valence-corrected chi connectivity index (χ0v) is 11.3. The zero-order valence-electron chi connectivity index (χ0n) is 11.3. The van der Waals surface area contributed by atoms with E-state index in [0.717, 1.165) is 12.2 Å². The van der Waals surface area contributed by atoms with Crippen LogP contribution >= 0.6 is 0 Å². The SMILES string of the molecule is COc1ccc2cc([C@@H](N)CC(C)C)ccc2c1. The number of hydrogen-bond acceptors (Lipinski definition) is 2. The van der Waals surface area contributed by atoms with E-state index >= 15 is 0 Å². The highest BCUT2D eigenvalue weighted by atomic mass is 16.5. The third-order valence-corrected chi connectivity index (χ3v) is 3.22. The number of rotatable bonds is 4. The quantitative estimate of drug-likeness (QED) is 0.884. The van der Waals surface area contributed by atoms with Crippen molar-refractivity contribution < 1.29 is 4.74 Å². The van der Waals surface area contributed by atoms with Gasteiger partial charge < -0.3 is 10.5 Å². The Morgan fingerprint density at radius 1 is 1.06 bits per heavy atom. The molecule has 2 aromatic rings. The van der Waals surface area contributed by atoms with Crippen LogP contribution in [0.4, 0.5) is 0 Å². The standard InChI is InChI=1S/C16H21NO/c1-11(2)8-16(17)14-5-4-13-10-15(18-3)7-6-12(13)9-14/h4-7,9-11,16H,8,17H2,1-3H3/t16-/m0/s1. The van der Waals surface area contributed by atoms with E-state index in [1.807, 2.05) is 12.1 Å². The second-order valence-electron chi connectivity index (χ2n) is 5.21. The largest absolute Gasteiger partial charge is 0.497 e. The second-order valence-corrected chi connectivity index (χ2v) is 5.21. The van der Waals surface area contributed by atoms with Crippen molar-refractivity contribution in [1.82, 2.24) is 0 Å². The summed E-state index contributed by atoms with van der Waals surface area (Å²) >= 11 is 0. The van der Waals surface area contributed by atoms with Gasteiger partial charge in [-0.2, -0.15) is 0 Å². The summed E-state index contributed by atoms with van der Waals surface area (Å²) in [5, 5.41) is 2.40. The van der Waals surface area contributed by atoms with E-state index < -0.39 is 0 Å². The monoisotopic (exact) mass is 243 g/mol. The number of nitrogens with two attached hydrogens (primary N) is 1. The summed E-state index contributed by atoms with van der Waals surface area (Å²) in [6.07, 6.45) is 1.02. The average molecular weight is 243 g/mol. The van der Waals surface area contributed by atoms with Gasteiger partial charge in [0.15, 0.2) is 0 Å². The molecule has 0 aliphatic carbocycles. The lowest BCUT2D eigenvalue weighted by molar-refractivity contribution is 0.415. The molecule has 0 bridgehead atoms. The molecule has 0 aromatic heterocycles. The lowest BCUT2D eigenvalue weighted by Crippen LogP contribution is -2.12. The average Bonchev–Trinajstić information content (AvgIpc) is 2.36. The van der Waals surface area contributed by atoms with Gasteiger partial charge in [-0.3, -0.25) is 0 Å². The molecule has 0 saturated carbocycles. The fourth-order valence-corrected chi connectivity index (χ4v) is 2.24. The molecule has 0 aliphatic rings. The molecule has 0 radical (unpaired) electrons. The number of ether oxygens (including phenoxy) is 1. The summed E-state index contributed by atoms with van der Waals surface area (Å²) < 4.78 is 5.23. The Bertz CT molecular complexity index is 534. The molecule has 2 nitrogen and oxygen atoms in total. The Balaban J connectivity index is 2.33. The summed E-state index contributed by atoms with van der Waals surface area (Å²) in [4.78, 5) is 0. The molecule has 0 heterocycles. The topological polar surface area (TPSA) is 35.2 Å². The predicted octanol–water partition coefficient (Wildman–Crippen LogP) is 3.89. The van der Waals surface area contributed by atoms with E-state index in [1.165, 1.54) is 16.3 Å². The van der Waals surface area contributed by atoms with E-state index in [2.05, 4.69) is 38.1 Å². The molecular weight excluding hydrogens is 222 g/mol. The molecule has 2 rings (SSSR count). The molecular formula is C16H21NO. The summed E-state index contributed by atoms with van der Waals surface area (Å²) in [5.74, 6) is 1.51. The molecule has 96 valence electrons. The van der Waals surface area contributed by atoms with Crippen molar-refractivity contribution in [2.75, 3.05) is 7.11 Å². The normalized spacial score (nSPS) is 12.9. The van der Waals surface area contributed by atoms with Gasteiger partial charge in [0.1, 0.15) is 5.75 Å². The number of fused-ring (bicyclic) bond motifs is 1. The fourth-order valence-electron chi connectivity index (χ4n) is 2.24. The van der Waals surface area contributed by atoms with Gasteiger partial charge in [-0.05, 0) is 46.9 Å². The molecule has 1 atom stereocenters. The van der Waals surface area contributed by atoms with Gasteiger partial charge in [0.05, 0.1) is 7.11 Å². The Morgan fingerprint density at radius 3 is 2.39 bits per heavy atom. The third kappa shape index (κ3) is 2.82. The minimum absolute atomic E-state index is 0.122. The Morgan fingerprint density at radius 2 is 1.72 bits per heavy atom. The van der Waals surface area contributed by atoms with Crippen molar-refractivity contribution in [3.05, 3.63) is 42.0 Å². The third-order valence-electron chi connectivity index (χ3n) is 3.22. The van der Waals surface area contributed by atoms with Crippen molar-refractivity contribution in [2.24, 2.45) is 11.7 Å². The van der Waals surface area contributed by atoms with Crippen LogP contribution in [0.1, 0.15) is 31.9 Å². The molecule has 0 spiro atoms. The van der Waals surface area contributed by atoms with E-state index in [1.54, 1.807) is 7.11 Å². The predicted molar refractivity (Wildman–Crippen MR) is 76.9 cm³/mol. The van der Waals surface area contributed by atoms with Gasteiger partial charge in [-0.25, -0.2) is 0 Å². The van der Waals surface area contributed by atoms with E-state index in [4.69, 9.17) is 10.5 Å². The molecule has 0 unspecified atom stereocenters. The minimum Gasteiger partial charge on any atom is -0.497 e. The van der Waals surface area contributed by atoms with Gasteiger partial charge >= 0.3 is 0 Å². The van der Waals surface area contributed by atoms with Crippen molar-refractivity contribution in [3.8, 4) is 5.75 Å². The number of methoxy groups -OCH3 is 1. The highest BCUT2D eigenvalue weighted by Gasteiger charge is 2.09. The van der Waals surface area contributed by atoms with Crippen LogP contribution in [0.2, 0.25) is 0 Å². The van der Waals surface area contributed by atoms with Gasteiger partial charge in [0.25, 0.3) is 0 Å². The smallest absolute Gasteiger partial charge is 0.119 e. The van der Waals surface area contributed by atoms with Crippen molar-refractivity contribution >= 4 is 10.8 Å². The Hall–Kier alpha value is -1.54. The maximum atomic E-state index is 6.22. The molecule has 0 amide bonds. The minimum atomic E-state index is 0.122. The van der Waals surface area contributed by atoms with Crippen molar-refractivity contribution in [1.29, 1.82) is 0 Å². The Labute approximate surface area is 109 Å². The molecule has 2 N–H and O–H groups in total. The molecule has 2 aromatic carbocycles. The molecule has 0 fully saturated rings. The van der Waals surface area contributed by atoms with Gasteiger partial charge in [-0.1, -0.05) is 32.0 Å². The summed E-state index contributed by atoms with van der Waals surface area (Å²) in [7, 11) is 1.69. The van der Waals surface area contributed by atoms with Crippen LogP contribution in [-0.2, 0) is 0 Å². The van der Waals surface area contributed by atoms with Crippen LogP contribution in [0.25, 0.3) is 10.8 Å². The fraction of sp³-hybridized carbons (Fsp3) is 0.375. The van der Waals surface area contributed by atoms with Gasteiger partial charge in [0, 0.05) is 6.04 Å². The van der Waals surface area contributed by atoms with E-state index in [-0.39, 0.29) is 6.04 Å². The summed E-state index contributed by atoms with van der Waals surface area (Å²) in [5.41, 5.74) is 7.43. The van der Waals surface area contributed by atoms with E-state index in [0.29, 0.717) is 5.92 Å². The summed E-state index contributed by atoms with van der Waals surface area (Å²) in [6, 6.07) is 12.7. The maximum absolute atomic E-state index is 6.22. The molecule has 18 heavy (non-hydrogen) atoms. The maximum Gasteiger partial charge on any atom is 0.119 e. The first kappa shape index (κ1) is 12.9. The first-order valence-corrected chi connectivity index (χ1v) is 6.43. The van der Waals surface area contributed by atoms with Crippen molar-refractivity contribution in [3.63, 3.8) is 0 Å².